The number of fused-ring (bicyclic) bond motifs is 1. The monoisotopic (exact) mass is 287 g/mol. The van der Waals surface area contributed by atoms with Crippen molar-refractivity contribution < 1.29 is 4.79 Å². The highest BCUT2D eigenvalue weighted by atomic mass is 16.2. The predicted molar refractivity (Wildman–Crippen MR) is 81.5 cm³/mol. The van der Waals surface area contributed by atoms with E-state index in [1.807, 2.05) is 40.7 Å². The summed E-state index contributed by atoms with van der Waals surface area (Å²) in [7, 11) is 3.98. The molecule has 21 heavy (non-hydrogen) atoms. The van der Waals surface area contributed by atoms with Crippen LogP contribution in [0, 0.1) is 0 Å². The van der Waals surface area contributed by atoms with Crippen molar-refractivity contribution in [2.75, 3.05) is 32.1 Å². The molecule has 1 amide bonds. The van der Waals surface area contributed by atoms with Crippen molar-refractivity contribution in [2.45, 2.75) is 25.7 Å². The summed E-state index contributed by atoms with van der Waals surface area (Å²) in [5.74, 6) is 1.35. The predicted octanol–water partition coefficient (Wildman–Crippen LogP) is 1.52. The number of piperidine rings is 1. The molecule has 112 valence electrons. The molecule has 1 atom stereocenters. The minimum Gasteiger partial charge on any atom is -0.361 e. The van der Waals surface area contributed by atoms with Crippen LogP contribution in [-0.4, -0.2) is 52.6 Å². The molecule has 1 saturated heterocycles. The number of hydrogen-bond donors (Lipinski definition) is 0. The Hall–Kier alpha value is -2.11. The number of likely N-dealkylation sites (tertiary alicyclic amines) is 1. The molecule has 2 aromatic heterocycles. The van der Waals surface area contributed by atoms with Gasteiger partial charge >= 0.3 is 0 Å². The molecule has 3 rings (SSSR count). The summed E-state index contributed by atoms with van der Waals surface area (Å²) in [6.07, 6.45) is 5.88. The number of amides is 1. The van der Waals surface area contributed by atoms with Crippen molar-refractivity contribution >= 4 is 17.2 Å². The van der Waals surface area contributed by atoms with Gasteiger partial charge in [-0.1, -0.05) is 0 Å². The SMILES string of the molecule is CC(=O)N1CCCC(c2cn3nccc3c(N(C)C)n2)C1. The zero-order valence-electron chi connectivity index (χ0n) is 12.8. The third-order valence-electron chi connectivity index (χ3n) is 4.10. The zero-order chi connectivity index (χ0) is 15.0. The normalized spacial score (nSPS) is 19.0. The molecule has 1 fully saturated rings. The number of aromatic nitrogens is 3. The minimum absolute atomic E-state index is 0.146. The fraction of sp³-hybridized carbons (Fsp3) is 0.533. The molecular formula is C15H21N5O. The molecule has 0 aliphatic carbocycles. The average Bonchev–Trinajstić information content (AvgIpc) is 2.94. The summed E-state index contributed by atoms with van der Waals surface area (Å²) in [6, 6.07) is 1.97. The molecule has 0 radical (unpaired) electrons. The van der Waals surface area contributed by atoms with Crippen LogP contribution in [0.5, 0.6) is 0 Å². The number of nitrogens with zero attached hydrogens (tertiary/aromatic N) is 5. The summed E-state index contributed by atoms with van der Waals surface area (Å²) in [6.45, 7) is 3.25. The van der Waals surface area contributed by atoms with Crippen LogP contribution < -0.4 is 4.90 Å². The quantitative estimate of drug-likeness (QED) is 0.840. The van der Waals surface area contributed by atoms with Gasteiger partial charge in [-0.15, -0.1) is 0 Å². The lowest BCUT2D eigenvalue weighted by molar-refractivity contribution is -0.130. The second kappa shape index (κ2) is 5.35. The largest absolute Gasteiger partial charge is 0.361 e. The Kier molecular flexibility index (Phi) is 3.53. The van der Waals surface area contributed by atoms with Crippen LogP contribution in [0.25, 0.3) is 5.52 Å². The second-order valence-electron chi connectivity index (χ2n) is 5.85. The molecule has 0 bridgehead atoms. The van der Waals surface area contributed by atoms with Gasteiger partial charge in [-0.05, 0) is 18.9 Å². The molecular weight excluding hydrogens is 266 g/mol. The summed E-state index contributed by atoms with van der Waals surface area (Å²) in [5.41, 5.74) is 2.02. The van der Waals surface area contributed by atoms with E-state index in [0.717, 1.165) is 43.0 Å². The van der Waals surface area contributed by atoms with Gasteiger partial charge in [0.15, 0.2) is 5.82 Å². The van der Waals surface area contributed by atoms with Crippen molar-refractivity contribution in [1.82, 2.24) is 19.5 Å². The highest BCUT2D eigenvalue weighted by Gasteiger charge is 2.25. The van der Waals surface area contributed by atoms with Crippen molar-refractivity contribution in [1.29, 1.82) is 0 Å². The van der Waals surface area contributed by atoms with E-state index in [2.05, 4.69) is 5.10 Å². The number of carbonyl (C=O) groups is 1. The van der Waals surface area contributed by atoms with Gasteiger partial charge in [-0.3, -0.25) is 4.79 Å². The zero-order valence-corrected chi connectivity index (χ0v) is 12.8. The van der Waals surface area contributed by atoms with E-state index in [1.165, 1.54) is 0 Å². The van der Waals surface area contributed by atoms with E-state index in [1.54, 1.807) is 13.1 Å². The van der Waals surface area contributed by atoms with Crippen LogP contribution in [-0.2, 0) is 4.79 Å². The summed E-state index contributed by atoms with van der Waals surface area (Å²) in [5, 5.41) is 4.34. The first kappa shape index (κ1) is 13.9. The topological polar surface area (TPSA) is 53.7 Å². The fourth-order valence-corrected chi connectivity index (χ4v) is 2.96. The Morgan fingerprint density at radius 2 is 2.24 bits per heavy atom. The van der Waals surface area contributed by atoms with E-state index in [4.69, 9.17) is 4.98 Å². The van der Waals surface area contributed by atoms with Crippen LogP contribution >= 0.6 is 0 Å². The molecule has 0 saturated carbocycles. The molecule has 0 N–H and O–H groups in total. The standard InChI is InChI=1S/C15H21N5O/c1-11(21)19-8-4-5-12(9-19)13-10-20-14(6-7-16-20)15(17-13)18(2)3/h6-7,10,12H,4-5,8-9H2,1-3H3. The first-order valence-corrected chi connectivity index (χ1v) is 7.33. The van der Waals surface area contributed by atoms with Gasteiger partial charge in [0, 0.05) is 40.0 Å². The van der Waals surface area contributed by atoms with Crippen molar-refractivity contribution in [3.05, 3.63) is 24.2 Å². The number of carbonyl (C=O) groups excluding carboxylic acids is 1. The summed E-state index contributed by atoms with van der Waals surface area (Å²) >= 11 is 0. The van der Waals surface area contributed by atoms with Crippen molar-refractivity contribution in [3.63, 3.8) is 0 Å². The maximum absolute atomic E-state index is 11.6. The van der Waals surface area contributed by atoms with E-state index in [9.17, 15) is 4.79 Å². The Morgan fingerprint density at radius 1 is 1.43 bits per heavy atom. The first-order valence-electron chi connectivity index (χ1n) is 7.33. The lowest BCUT2D eigenvalue weighted by atomic mass is 9.95. The third kappa shape index (κ3) is 2.57. The summed E-state index contributed by atoms with van der Waals surface area (Å²) in [4.78, 5) is 20.3. The highest BCUT2D eigenvalue weighted by molar-refractivity contribution is 5.73. The van der Waals surface area contributed by atoms with Crippen LogP contribution in [0.4, 0.5) is 5.82 Å². The molecule has 1 unspecified atom stereocenters. The first-order chi connectivity index (χ1) is 10.1. The molecule has 1 aliphatic heterocycles. The highest BCUT2D eigenvalue weighted by Crippen LogP contribution is 2.28. The van der Waals surface area contributed by atoms with E-state index in [0.29, 0.717) is 0 Å². The van der Waals surface area contributed by atoms with E-state index in [-0.39, 0.29) is 11.8 Å². The molecule has 3 heterocycles. The number of anilines is 1. The third-order valence-corrected chi connectivity index (χ3v) is 4.10. The van der Waals surface area contributed by atoms with E-state index >= 15 is 0 Å². The molecule has 0 spiro atoms. The van der Waals surface area contributed by atoms with Gasteiger partial charge < -0.3 is 9.80 Å². The molecule has 0 aromatic carbocycles. The Morgan fingerprint density at radius 3 is 2.95 bits per heavy atom. The smallest absolute Gasteiger partial charge is 0.219 e. The van der Waals surface area contributed by atoms with Crippen molar-refractivity contribution in [2.24, 2.45) is 0 Å². The lowest BCUT2D eigenvalue weighted by Crippen LogP contribution is -2.38. The minimum atomic E-state index is 0.146. The Bertz CT molecular complexity index is 663. The van der Waals surface area contributed by atoms with Gasteiger partial charge in [0.05, 0.1) is 18.1 Å². The lowest BCUT2D eigenvalue weighted by Gasteiger charge is -2.32. The maximum Gasteiger partial charge on any atom is 0.219 e. The number of hydrogen-bond acceptors (Lipinski definition) is 4. The van der Waals surface area contributed by atoms with Crippen LogP contribution in [0.15, 0.2) is 18.5 Å². The van der Waals surface area contributed by atoms with Crippen LogP contribution in [0.2, 0.25) is 0 Å². The molecule has 1 aliphatic rings. The molecule has 2 aromatic rings. The van der Waals surface area contributed by atoms with Gasteiger partial charge in [0.1, 0.15) is 5.52 Å². The van der Waals surface area contributed by atoms with E-state index < -0.39 is 0 Å². The Balaban J connectivity index is 1.98. The van der Waals surface area contributed by atoms with Gasteiger partial charge in [-0.25, -0.2) is 9.50 Å². The van der Waals surface area contributed by atoms with Gasteiger partial charge in [0.2, 0.25) is 5.91 Å². The fourth-order valence-electron chi connectivity index (χ4n) is 2.96. The number of rotatable bonds is 2. The van der Waals surface area contributed by atoms with Gasteiger partial charge in [-0.2, -0.15) is 5.10 Å². The molecule has 6 heteroatoms. The van der Waals surface area contributed by atoms with Crippen LogP contribution in [0.3, 0.4) is 0 Å². The maximum atomic E-state index is 11.6. The second-order valence-corrected chi connectivity index (χ2v) is 5.85. The van der Waals surface area contributed by atoms with Gasteiger partial charge in [0.25, 0.3) is 0 Å². The van der Waals surface area contributed by atoms with Crippen molar-refractivity contribution in [3.8, 4) is 0 Å². The molecule has 6 nitrogen and oxygen atoms in total. The summed E-state index contributed by atoms with van der Waals surface area (Å²) < 4.78 is 1.88. The van der Waals surface area contributed by atoms with Crippen LogP contribution in [0.1, 0.15) is 31.4 Å². The Labute approximate surface area is 124 Å². The average molecular weight is 287 g/mol.